The predicted octanol–water partition coefficient (Wildman–Crippen LogP) is 3.20. The van der Waals surface area contributed by atoms with Crippen LogP contribution in [0.4, 0.5) is 11.4 Å². The maximum Gasteiger partial charge on any atom is 0.265 e. The molecule has 1 unspecified atom stereocenters. The van der Waals surface area contributed by atoms with E-state index in [-0.39, 0.29) is 4.90 Å². The molecule has 1 atom stereocenters. The van der Waals surface area contributed by atoms with Crippen molar-refractivity contribution < 1.29 is 17.9 Å². The lowest BCUT2D eigenvalue weighted by Gasteiger charge is -2.27. The zero-order valence-electron chi connectivity index (χ0n) is 18.5. The minimum atomic E-state index is -3.64. The summed E-state index contributed by atoms with van der Waals surface area (Å²) >= 11 is 0. The van der Waals surface area contributed by atoms with Crippen LogP contribution in [-0.2, 0) is 14.8 Å². The van der Waals surface area contributed by atoms with E-state index in [1.165, 1.54) is 10.4 Å². The molecule has 1 fully saturated rings. The van der Waals surface area contributed by atoms with Crippen LogP contribution in [0.15, 0.2) is 47.4 Å². The Hall–Kier alpha value is -3.09. The van der Waals surface area contributed by atoms with Crippen LogP contribution in [0.2, 0.25) is 0 Å². The van der Waals surface area contributed by atoms with Crippen molar-refractivity contribution in [2.24, 2.45) is 0 Å². The monoisotopic (exact) mass is 456 g/mol. The second-order valence-corrected chi connectivity index (χ2v) is 9.87. The highest BCUT2D eigenvalue weighted by atomic mass is 32.2. The number of anilines is 2. The Balaban J connectivity index is 1.82. The topological polar surface area (TPSA) is 103 Å². The van der Waals surface area contributed by atoms with Crippen molar-refractivity contribution in [2.75, 3.05) is 37.4 Å². The Kier molecular flexibility index (Phi) is 7.38. The SMILES string of the molecule is CC(Oc1cccc(C#N)c1)C(=O)Nc1cc(S(=O)(=O)N2CCCCC2)ccc1N(C)C. The van der Waals surface area contributed by atoms with Gasteiger partial charge in [-0.1, -0.05) is 12.5 Å². The summed E-state index contributed by atoms with van der Waals surface area (Å²) < 4.78 is 33.4. The van der Waals surface area contributed by atoms with E-state index in [0.29, 0.717) is 35.8 Å². The molecular weight excluding hydrogens is 428 g/mol. The van der Waals surface area contributed by atoms with E-state index in [1.54, 1.807) is 48.2 Å². The van der Waals surface area contributed by atoms with Crippen molar-refractivity contribution in [1.82, 2.24) is 4.31 Å². The highest BCUT2D eigenvalue weighted by Gasteiger charge is 2.27. The van der Waals surface area contributed by atoms with Crippen molar-refractivity contribution in [3.63, 3.8) is 0 Å². The quantitative estimate of drug-likeness (QED) is 0.686. The van der Waals surface area contributed by atoms with Gasteiger partial charge in [0.25, 0.3) is 5.91 Å². The Bertz CT molecular complexity index is 1120. The lowest BCUT2D eigenvalue weighted by atomic mass is 10.2. The van der Waals surface area contributed by atoms with Crippen LogP contribution in [0, 0.1) is 11.3 Å². The second-order valence-electron chi connectivity index (χ2n) is 7.93. The fourth-order valence-electron chi connectivity index (χ4n) is 3.55. The molecule has 3 rings (SSSR count). The molecule has 2 aromatic rings. The summed E-state index contributed by atoms with van der Waals surface area (Å²) in [5.41, 5.74) is 1.49. The average Bonchev–Trinajstić information content (AvgIpc) is 2.79. The molecule has 1 aliphatic heterocycles. The second kappa shape index (κ2) is 10.0. The van der Waals surface area contributed by atoms with Gasteiger partial charge in [0.2, 0.25) is 10.0 Å². The number of hydrogen-bond acceptors (Lipinski definition) is 6. The third-order valence-electron chi connectivity index (χ3n) is 5.31. The largest absolute Gasteiger partial charge is 0.481 e. The molecule has 1 N–H and O–H groups in total. The standard InChI is InChI=1S/C23H28N4O4S/c1-17(31-19-9-7-8-18(14-19)16-24)23(28)25-21-15-20(10-11-22(21)26(2)3)32(29,30)27-12-5-4-6-13-27/h7-11,14-15,17H,4-6,12-13H2,1-3H3,(H,25,28). The van der Waals surface area contributed by atoms with Gasteiger partial charge in [0.1, 0.15) is 5.75 Å². The van der Waals surface area contributed by atoms with Crippen LogP contribution in [-0.4, -0.2) is 51.9 Å². The Morgan fingerprint density at radius 3 is 2.53 bits per heavy atom. The molecule has 0 bridgehead atoms. The van der Waals surface area contributed by atoms with Gasteiger partial charge in [0.15, 0.2) is 6.10 Å². The minimum Gasteiger partial charge on any atom is -0.481 e. The summed E-state index contributed by atoms with van der Waals surface area (Å²) in [5.74, 6) is -0.0241. The van der Waals surface area contributed by atoms with Crippen LogP contribution in [0.1, 0.15) is 31.7 Å². The molecule has 0 aliphatic carbocycles. The number of nitrogens with one attached hydrogen (secondary N) is 1. The molecule has 8 nitrogen and oxygen atoms in total. The number of sulfonamides is 1. The molecule has 1 amide bonds. The van der Waals surface area contributed by atoms with Crippen LogP contribution in [0.5, 0.6) is 5.75 Å². The van der Waals surface area contributed by atoms with E-state index < -0.39 is 22.0 Å². The van der Waals surface area contributed by atoms with Crippen molar-refractivity contribution in [3.8, 4) is 11.8 Å². The first-order valence-electron chi connectivity index (χ1n) is 10.5. The first kappa shape index (κ1) is 23.6. The van der Waals surface area contributed by atoms with Gasteiger partial charge >= 0.3 is 0 Å². The fourth-order valence-corrected chi connectivity index (χ4v) is 5.09. The summed E-state index contributed by atoms with van der Waals surface area (Å²) in [4.78, 5) is 14.8. The van der Waals surface area contributed by atoms with Crippen molar-refractivity contribution in [2.45, 2.75) is 37.2 Å². The zero-order valence-corrected chi connectivity index (χ0v) is 19.4. The highest BCUT2D eigenvalue weighted by Crippen LogP contribution is 2.30. The number of carbonyl (C=O) groups is 1. The first-order valence-corrected chi connectivity index (χ1v) is 12.0. The molecule has 1 saturated heterocycles. The molecular formula is C23H28N4O4S. The Morgan fingerprint density at radius 1 is 1.16 bits per heavy atom. The van der Waals surface area contributed by atoms with E-state index >= 15 is 0 Å². The molecule has 0 saturated carbocycles. The minimum absolute atomic E-state index is 0.149. The number of rotatable bonds is 7. The smallest absolute Gasteiger partial charge is 0.265 e. The summed E-state index contributed by atoms with van der Waals surface area (Å²) in [6.07, 6.45) is 1.87. The fraction of sp³-hybridized carbons (Fsp3) is 0.391. The predicted molar refractivity (Wildman–Crippen MR) is 123 cm³/mol. The van der Waals surface area contributed by atoms with Gasteiger partial charge < -0.3 is 15.0 Å². The van der Waals surface area contributed by atoms with Gasteiger partial charge in [-0.3, -0.25) is 4.79 Å². The van der Waals surface area contributed by atoms with Crippen molar-refractivity contribution in [3.05, 3.63) is 48.0 Å². The van der Waals surface area contributed by atoms with Gasteiger partial charge in [-0.2, -0.15) is 9.57 Å². The van der Waals surface area contributed by atoms with Gasteiger partial charge in [-0.05, 0) is 56.2 Å². The van der Waals surface area contributed by atoms with Gasteiger partial charge in [0.05, 0.1) is 27.9 Å². The molecule has 0 aromatic heterocycles. The zero-order chi connectivity index (χ0) is 23.3. The molecule has 32 heavy (non-hydrogen) atoms. The molecule has 0 spiro atoms. The summed E-state index contributed by atoms with van der Waals surface area (Å²) in [7, 11) is -0.00447. The molecule has 2 aromatic carbocycles. The number of nitrogens with zero attached hydrogens (tertiary/aromatic N) is 3. The van der Waals surface area contributed by atoms with Crippen molar-refractivity contribution in [1.29, 1.82) is 5.26 Å². The van der Waals surface area contributed by atoms with Crippen LogP contribution >= 0.6 is 0 Å². The Morgan fingerprint density at radius 2 is 1.88 bits per heavy atom. The van der Waals surface area contributed by atoms with Gasteiger partial charge in [0, 0.05) is 27.2 Å². The number of carbonyl (C=O) groups excluding carboxylic acids is 1. The van der Waals surface area contributed by atoms with Gasteiger partial charge in [-0.15, -0.1) is 0 Å². The van der Waals surface area contributed by atoms with E-state index in [1.807, 2.05) is 20.2 Å². The van der Waals surface area contributed by atoms with E-state index in [9.17, 15) is 13.2 Å². The highest BCUT2D eigenvalue weighted by molar-refractivity contribution is 7.89. The Labute approximate surface area is 189 Å². The molecule has 9 heteroatoms. The average molecular weight is 457 g/mol. The van der Waals surface area contributed by atoms with E-state index in [2.05, 4.69) is 5.32 Å². The number of amides is 1. The molecule has 1 aliphatic rings. The van der Waals surface area contributed by atoms with E-state index in [0.717, 1.165) is 19.3 Å². The summed E-state index contributed by atoms with van der Waals surface area (Å²) in [6, 6.07) is 13.3. The van der Waals surface area contributed by atoms with E-state index in [4.69, 9.17) is 10.00 Å². The number of hydrogen-bond donors (Lipinski definition) is 1. The third kappa shape index (κ3) is 5.39. The normalized spacial score (nSPS) is 15.4. The van der Waals surface area contributed by atoms with Crippen LogP contribution < -0.4 is 15.0 Å². The first-order chi connectivity index (χ1) is 15.2. The number of benzene rings is 2. The lowest BCUT2D eigenvalue weighted by Crippen LogP contribution is -2.35. The van der Waals surface area contributed by atoms with Crippen LogP contribution in [0.25, 0.3) is 0 Å². The lowest BCUT2D eigenvalue weighted by molar-refractivity contribution is -0.122. The summed E-state index contributed by atoms with van der Waals surface area (Å²) in [5, 5.41) is 11.8. The molecule has 0 radical (unpaired) electrons. The molecule has 1 heterocycles. The molecule has 170 valence electrons. The van der Waals surface area contributed by atoms with Gasteiger partial charge in [-0.25, -0.2) is 8.42 Å². The number of nitriles is 1. The number of ether oxygens (including phenoxy) is 1. The maximum absolute atomic E-state index is 13.1. The maximum atomic E-state index is 13.1. The van der Waals surface area contributed by atoms with Crippen molar-refractivity contribution >= 4 is 27.3 Å². The third-order valence-corrected chi connectivity index (χ3v) is 7.20. The number of piperidine rings is 1. The summed E-state index contributed by atoms with van der Waals surface area (Å²) in [6.45, 7) is 2.61. The van der Waals surface area contributed by atoms with Crippen LogP contribution in [0.3, 0.4) is 0 Å².